The van der Waals surface area contributed by atoms with Gasteiger partial charge in [0.05, 0.1) is 24.8 Å². The Balaban J connectivity index is 2.82. The zero-order chi connectivity index (χ0) is 11.1. The van der Waals surface area contributed by atoms with Gasteiger partial charge in [0.1, 0.15) is 0 Å². The van der Waals surface area contributed by atoms with Gasteiger partial charge in [0.2, 0.25) is 0 Å². The van der Waals surface area contributed by atoms with Crippen LogP contribution in [0.25, 0.3) is 0 Å². The van der Waals surface area contributed by atoms with Crippen LogP contribution in [0.5, 0.6) is 0 Å². The van der Waals surface area contributed by atoms with Crippen LogP contribution in [0.4, 0.5) is 0 Å². The minimum atomic E-state index is 0.0111. The predicted octanol–water partition coefficient (Wildman–Crippen LogP) is 2.06. The summed E-state index contributed by atoms with van der Waals surface area (Å²) >= 11 is 0. The second kappa shape index (κ2) is 5.98. The van der Waals surface area contributed by atoms with Crippen LogP contribution >= 0.6 is 0 Å². The molecule has 1 rings (SSSR count). The molecule has 0 aliphatic rings. The zero-order valence-corrected chi connectivity index (χ0v) is 8.93. The molecule has 0 atom stereocenters. The molecule has 0 amide bonds. The zero-order valence-electron chi connectivity index (χ0n) is 8.93. The summed E-state index contributed by atoms with van der Waals surface area (Å²) in [5, 5.41) is 9.06. The summed E-state index contributed by atoms with van der Waals surface area (Å²) in [6.45, 7) is 6.35. The van der Waals surface area contributed by atoms with Crippen molar-refractivity contribution in [3.63, 3.8) is 0 Å². The van der Waals surface area contributed by atoms with E-state index in [9.17, 15) is 0 Å². The third-order valence-electron chi connectivity index (χ3n) is 2.03. The Labute approximate surface area is 90.1 Å². The molecule has 0 aliphatic carbocycles. The maximum absolute atomic E-state index is 9.06. The second-order valence-corrected chi connectivity index (χ2v) is 3.15. The van der Waals surface area contributed by atoms with Crippen LogP contribution in [0.3, 0.4) is 0 Å². The molecule has 0 fully saturated rings. The number of aliphatic hydroxyl groups is 1. The molecule has 0 bridgehead atoms. The molecule has 1 N–H and O–H groups in total. The molecule has 0 saturated heterocycles. The van der Waals surface area contributed by atoms with Crippen LogP contribution in [0.2, 0.25) is 0 Å². The van der Waals surface area contributed by atoms with Gasteiger partial charge < -0.3 is 9.67 Å². The van der Waals surface area contributed by atoms with Gasteiger partial charge in [0.15, 0.2) is 0 Å². The Kier molecular flexibility index (Phi) is 4.57. The minimum Gasteiger partial charge on any atom is -0.390 e. The Morgan fingerprint density at radius 1 is 1.67 bits per heavy atom. The smallest absolute Gasteiger partial charge is 0.0952 e. The van der Waals surface area contributed by atoms with Crippen LogP contribution < -0.4 is 0 Å². The molecule has 1 heterocycles. The molecule has 1 aromatic rings. The van der Waals surface area contributed by atoms with E-state index in [1.165, 1.54) is 0 Å². The molecule has 15 heavy (non-hydrogen) atoms. The maximum atomic E-state index is 9.06. The van der Waals surface area contributed by atoms with E-state index in [0.717, 1.165) is 11.3 Å². The van der Waals surface area contributed by atoms with E-state index >= 15 is 0 Å². The number of hydrogen-bond donors (Lipinski definition) is 1. The summed E-state index contributed by atoms with van der Waals surface area (Å²) in [6, 6.07) is 0. The molecule has 0 unspecified atom stereocenters. The van der Waals surface area contributed by atoms with E-state index in [0.29, 0.717) is 6.54 Å². The van der Waals surface area contributed by atoms with Gasteiger partial charge in [-0.3, -0.25) is 0 Å². The summed E-state index contributed by atoms with van der Waals surface area (Å²) in [5.74, 6) is 0. The summed E-state index contributed by atoms with van der Waals surface area (Å²) in [5.41, 5.74) is 1.94. The first kappa shape index (κ1) is 11.5. The van der Waals surface area contributed by atoms with Crippen molar-refractivity contribution < 1.29 is 5.11 Å². The lowest BCUT2D eigenvalue weighted by molar-refractivity contribution is 0.271. The SMILES string of the molecule is C=C/C=C(\C=C/C)Cn1cncc1CO. The number of nitrogens with zero attached hydrogens (tertiary/aromatic N) is 2. The molecule has 0 spiro atoms. The average molecular weight is 204 g/mol. The first-order valence-corrected chi connectivity index (χ1v) is 4.86. The highest BCUT2D eigenvalue weighted by atomic mass is 16.3. The predicted molar refractivity (Wildman–Crippen MR) is 61.2 cm³/mol. The van der Waals surface area contributed by atoms with E-state index in [1.807, 2.05) is 29.7 Å². The van der Waals surface area contributed by atoms with Gasteiger partial charge in [-0.05, 0) is 12.5 Å². The average Bonchev–Trinajstić information content (AvgIpc) is 2.66. The van der Waals surface area contributed by atoms with Gasteiger partial charge in [0.25, 0.3) is 0 Å². The number of hydrogen-bond acceptors (Lipinski definition) is 2. The first-order chi connectivity index (χ1) is 7.31. The Bertz CT molecular complexity index is 375. The largest absolute Gasteiger partial charge is 0.390 e. The lowest BCUT2D eigenvalue weighted by Gasteiger charge is -2.06. The van der Waals surface area contributed by atoms with Crippen molar-refractivity contribution in [3.8, 4) is 0 Å². The molecule has 0 aliphatic heterocycles. The number of aliphatic hydroxyl groups excluding tert-OH is 1. The van der Waals surface area contributed by atoms with E-state index in [-0.39, 0.29) is 6.61 Å². The van der Waals surface area contributed by atoms with Crippen molar-refractivity contribution in [2.45, 2.75) is 20.1 Å². The summed E-state index contributed by atoms with van der Waals surface area (Å²) in [4.78, 5) is 3.99. The normalized spacial score (nSPS) is 12.3. The fourth-order valence-corrected chi connectivity index (χ4v) is 1.35. The first-order valence-electron chi connectivity index (χ1n) is 4.86. The second-order valence-electron chi connectivity index (χ2n) is 3.15. The monoisotopic (exact) mass is 204 g/mol. The van der Waals surface area contributed by atoms with Crippen molar-refractivity contribution in [2.75, 3.05) is 0 Å². The maximum Gasteiger partial charge on any atom is 0.0952 e. The van der Waals surface area contributed by atoms with Crippen LogP contribution in [-0.4, -0.2) is 14.7 Å². The summed E-state index contributed by atoms with van der Waals surface area (Å²) in [6.07, 6.45) is 11.1. The molecule has 3 nitrogen and oxygen atoms in total. The minimum absolute atomic E-state index is 0.0111. The standard InChI is InChI=1S/C12H16N2O/c1-3-5-11(6-4-2)8-14-10-13-7-12(14)9-15/h3-7,10,15H,1,8-9H2,2H3/b6-4-,11-5+. The third kappa shape index (κ3) is 3.22. The van der Waals surface area contributed by atoms with Crippen LogP contribution in [0, 0.1) is 0 Å². The lowest BCUT2D eigenvalue weighted by atomic mass is 10.2. The lowest BCUT2D eigenvalue weighted by Crippen LogP contribution is -2.03. The third-order valence-corrected chi connectivity index (χ3v) is 2.03. The summed E-state index contributed by atoms with van der Waals surface area (Å²) in [7, 11) is 0. The van der Waals surface area contributed by atoms with Crippen LogP contribution in [0.1, 0.15) is 12.6 Å². The number of aromatic nitrogens is 2. The van der Waals surface area contributed by atoms with Gasteiger partial charge in [-0.2, -0.15) is 0 Å². The number of rotatable bonds is 5. The highest BCUT2D eigenvalue weighted by Gasteiger charge is 2.00. The number of imidazole rings is 1. The van der Waals surface area contributed by atoms with Gasteiger partial charge in [-0.1, -0.05) is 30.9 Å². The summed E-state index contributed by atoms with van der Waals surface area (Å²) < 4.78 is 1.91. The van der Waals surface area contributed by atoms with Crippen molar-refractivity contribution in [1.29, 1.82) is 0 Å². The van der Waals surface area contributed by atoms with Crippen molar-refractivity contribution >= 4 is 0 Å². The Morgan fingerprint density at radius 2 is 2.47 bits per heavy atom. The van der Waals surface area contributed by atoms with Crippen LogP contribution in [-0.2, 0) is 13.2 Å². The molecule has 80 valence electrons. The molecule has 0 saturated carbocycles. The number of allylic oxidation sites excluding steroid dienone is 5. The fraction of sp³-hybridized carbons (Fsp3) is 0.250. The topological polar surface area (TPSA) is 38.0 Å². The van der Waals surface area contributed by atoms with E-state index < -0.39 is 0 Å². The van der Waals surface area contributed by atoms with Gasteiger partial charge in [-0.25, -0.2) is 4.98 Å². The van der Waals surface area contributed by atoms with E-state index in [1.54, 1.807) is 18.6 Å². The van der Waals surface area contributed by atoms with E-state index in [4.69, 9.17) is 5.11 Å². The Morgan fingerprint density at radius 3 is 3.07 bits per heavy atom. The molecular formula is C12H16N2O. The highest BCUT2D eigenvalue weighted by Crippen LogP contribution is 2.06. The molecule has 1 aromatic heterocycles. The molecule has 0 aromatic carbocycles. The van der Waals surface area contributed by atoms with Crippen molar-refractivity contribution in [2.24, 2.45) is 0 Å². The van der Waals surface area contributed by atoms with E-state index in [2.05, 4.69) is 11.6 Å². The Hall–Kier alpha value is -1.61. The van der Waals surface area contributed by atoms with Gasteiger partial charge in [0, 0.05) is 6.54 Å². The quantitative estimate of drug-likeness (QED) is 0.745. The molecular weight excluding hydrogens is 188 g/mol. The molecule has 3 heteroatoms. The van der Waals surface area contributed by atoms with Crippen molar-refractivity contribution in [1.82, 2.24) is 9.55 Å². The van der Waals surface area contributed by atoms with Crippen molar-refractivity contribution in [3.05, 3.63) is 54.7 Å². The molecule has 0 radical (unpaired) electrons. The van der Waals surface area contributed by atoms with Gasteiger partial charge in [-0.15, -0.1) is 0 Å². The highest BCUT2D eigenvalue weighted by molar-refractivity contribution is 5.23. The van der Waals surface area contributed by atoms with Crippen LogP contribution in [0.15, 0.2) is 49.0 Å². The fourth-order valence-electron chi connectivity index (χ4n) is 1.35. The van der Waals surface area contributed by atoms with Gasteiger partial charge >= 0.3 is 0 Å².